The lowest BCUT2D eigenvalue weighted by Gasteiger charge is -2.27. The number of nitrogens with two attached hydrogens (primary N) is 2. The molecule has 0 aromatic rings. The van der Waals surface area contributed by atoms with Crippen LogP contribution in [0.5, 0.6) is 0 Å². The molecule has 2 saturated heterocycles. The Morgan fingerprint density at radius 3 is 1.68 bits per heavy atom. The summed E-state index contributed by atoms with van der Waals surface area (Å²) >= 11 is 0. The molecule has 4 atom stereocenters. The van der Waals surface area contributed by atoms with Crippen LogP contribution in [0, 0.1) is 0 Å². The number of rotatable bonds is 9. The molecular formula is C23H44N2O9. The van der Waals surface area contributed by atoms with Crippen LogP contribution in [0.3, 0.4) is 0 Å². The SMILES string of the molecule is CC(C)(C)OC(=O)COC(COC1COC(C)(C)OCC1N)COC1COC(C)(C)OCC1N. The molecular weight excluding hydrogens is 448 g/mol. The summed E-state index contributed by atoms with van der Waals surface area (Å²) in [6.07, 6.45) is -1.40. The topological polar surface area (TPSA) is 143 Å². The number of hydrogen-bond donors (Lipinski definition) is 2. The summed E-state index contributed by atoms with van der Waals surface area (Å²) in [7, 11) is 0. The van der Waals surface area contributed by atoms with Gasteiger partial charge < -0.3 is 49.4 Å². The Morgan fingerprint density at radius 1 is 0.853 bits per heavy atom. The van der Waals surface area contributed by atoms with Gasteiger partial charge in [-0.2, -0.15) is 0 Å². The van der Waals surface area contributed by atoms with Crippen LogP contribution in [-0.4, -0.2) is 99.8 Å². The molecule has 2 aliphatic heterocycles. The number of carbonyl (C=O) groups excluding carboxylic acids is 1. The molecule has 11 heteroatoms. The molecule has 0 aromatic heterocycles. The summed E-state index contributed by atoms with van der Waals surface area (Å²) in [6.45, 7) is 13.8. The summed E-state index contributed by atoms with van der Waals surface area (Å²) in [5, 5.41) is 0. The van der Waals surface area contributed by atoms with E-state index in [9.17, 15) is 4.79 Å². The van der Waals surface area contributed by atoms with E-state index in [1.807, 2.05) is 27.7 Å². The first-order valence-electron chi connectivity index (χ1n) is 11.8. The maximum atomic E-state index is 12.2. The molecule has 0 amide bonds. The van der Waals surface area contributed by atoms with E-state index >= 15 is 0 Å². The minimum Gasteiger partial charge on any atom is -0.458 e. The van der Waals surface area contributed by atoms with Gasteiger partial charge in [-0.15, -0.1) is 0 Å². The van der Waals surface area contributed by atoms with Crippen LogP contribution in [0.25, 0.3) is 0 Å². The molecule has 34 heavy (non-hydrogen) atoms. The van der Waals surface area contributed by atoms with Crippen molar-refractivity contribution in [2.24, 2.45) is 11.5 Å². The predicted octanol–water partition coefficient (Wildman–Crippen LogP) is 0.704. The Labute approximate surface area is 203 Å². The van der Waals surface area contributed by atoms with Crippen LogP contribution in [0.2, 0.25) is 0 Å². The monoisotopic (exact) mass is 492 g/mol. The average Bonchev–Trinajstić information content (AvgIpc) is 2.92. The molecule has 200 valence electrons. The molecule has 0 spiro atoms. The third-order valence-electron chi connectivity index (χ3n) is 5.24. The molecule has 0 aliphatic carbocycles. The van der Waals surface area contributed by atoms with Gasteiger partial charge in [0.05, 0.1) is 63.9 Å². The minimum atomic E-state index is -0.739. The second-order valence-corrected chi connectivity index (χ2v) is 10.6. The number of ether oxygens (including phenoxy) is 8. The molecule has 0 radical (unpaired) electrons. The summed E-state index contributed by atoms with van der Waals surface area (Å²) in [6, 6.07) is -0.755. The first-order valence-corrected chi connectivity index (χ1v) is 11.8. The smallest absolute Gasteiger partial charge is 0.332 e. The van der Waals surface area contributed by atoms with E-state index in [1.54, 1.807) is 20.8 Å². The highest BCUT2D eigenvalue weighted by molar-refractivity contribution is 5.71. The van der Waals surface area contributed by atoms with Gasteiger partial charge in [0.15, 0.2) is 11.6 Å². The Morgan fingerprint density at radius 2 is 1.26 bits per heavy atom. The van der Waals surface area contributed by atoms with Gasteiger partial charge in [-0.05, 0) is 48.5 Å². The van der Waals surface area contributed by atoms with Crippen molar-refractivity contribution >= 4 is 5.97 Å². The second-order valence-electron chi connectivity index (χ2n) is 10.6. The molecule has 0 saturated carbocycles. The minimum absolute atomic E-state index is 0.121. The standard InChI is InChI=1S/C23H44N2O9/c1-21(2,3)34-20(26)14-27-15(8-28-18-12-32-22(4,5)30-10-16(18)24)9-29-19-13-33-23(6,7)31-11-17(19)25/h15-19H,8-14,24-25H2,1-7H3. The Kier molecular flexibility index (Phi) is 10.7. The Bertz CT molecular complexity index is 600. The summed E-state index contributed by atoms with van der Waals surface area (Å²) in [4.78, 5) is 12.2. The van der Waals surface area contributed by atoms with Crippen LogP contribution >= 0.6 is 0 Å². The molecule has 0 bridgehead atoms. The summed E-state index contributed by atoms with van der Waals surface area (Å²) in [5.74, 6) is -1.96. The molecule has 2 heterocycles. The van der Waals surface area contributed by atoms with Crippen molar-refractivity contribution in [1.82, 2.24) is 0 Å². The number of esters is 1. The summed E-state index contributed by atoms with van der Waals surface area (Å²) in [5.41, 5.74) is 11.8. The fourth-order valence-electron chi connectivity index (χ4n) is 3.21. The van der Waals surface area contributed by atoms with E-state index in [4.69, 9.17) is 49.4 Å². The van der Waals surface area contributed by atoms with Crippen molar-refractivity contribution in [2.45, 2.75) is 96.0 Å². The maximum absolute atomic E-state index is 12.2. The van der Waals surface area contributed by atoms with Crippen LogP contribution in [0.1, 0.15) is 48.5 Å². The first-order chi connectivity index (χ1) is 15.7. The van der Waals surface area contributed by atoms with Gasteiger partial charge in [0.25, 0.3) is 0 Å². The highest BCUT2D eigenvalue weighted by atomic mass is 16.7. The van der Waals surface area contributed by atoms with Crippen LogP contribution in [0.15, 0.2) is 0 Å². The first kappa shape index (κ1) is 29.3. The van der Waals surface area contributed by atoms with Gasteiger partial charge in [-0.1, -0.05) is 0 Å². The quantitative estimate of drug-likeness (QED) is 0.439. The molecule has 4 unspecified atom stereocenters. The van der Waals surface area contributed by atoms with Gasteiger partial charge in [0, 0.05) is 0 Å². The maximum Gasteiger partial charge on any atom is 0.332 e. The zero-order chi connectivity index (χ0) is 25.6. The van der Waals surface area contributed by atoms with Crippen LogP contribution < -0.4 is 11.5 Å². The zero-order valence-electron chi connectivity index (χ0n) is 21.7. The van der Waals surface area contributed by atoms with E-state index in [2.05, 4.69) is 0 Å². The third-order valence-corrected chi connectivity index (χ3v) is 5.24. The van der Waals surface area contributed by atoms with Crippen LogP contribution in [-0.2, 0) is 42.7 Å². The van der Waals surface area contributed by atoms with Gasteiger partial charge in [0.2, 0.25) is 0 Å². The largest absolute Gasteiger partial charge is 0.458 e. The van der Waals surface area contributed by atoms with Crippen LogP contribution in [0.4, 0.5) is 0 Å². The van der Waals surface area contributed by atoms with E-state index in [-0.39, 0.29) is 45.1 Å². The van der Waals surface area contributed by atoms with Crippen molar-refractivity contribution in [2.75, 3.05) is 46.2 Å². The van der Waals surface area contributed by atoms with Crippen molar-refractivity contribution in [1.29, 1.82) is 0 Å². The van der Waals surface area contributed by atoms with Gasteiger partial charge in [0.1, 0.15) is 18.3 Å². The molecule has 2 aliphatic rings. The van der Waals surface area contributed by atoms with Crippen molar-refractivity contribution in [3.05, 3.63) is 0 Å². The number of hydrogen-bond acceptors (Lipinski definition) is 11. The zero-order valence-corrected chi connectivity index (χ0v) is 21.7. The van der Waals surface area contributed by atoms with Gasteiger partial charge >= 0.3 is 5.97 Å². The summed E-state index contributed by atoms with van der Waals surface area (Å²) < 4.78 is 45.9. The van der Waals surface area contributed by atoms with E-state index in [0.29, 0.717) is 13.2 Å². The van der Waals surface area contributed by atoms with E-state index < -0.39 is 41.5 Å². The lowest BCUT2D eigenvalue weighted by molar-refractivity contribution is -0.207. The molecule has 11 nitrogen and oxygen atoms in total. The van der Waals surface area contributed by atoms with Crippen molar-refractivity contribution < 1.29 is 42.7 Å². The number of carbonyl (C=O) groups is 1. The fraction of sp³-hybridized carbons (Fsp3) is 0.957. The lowest BCUT2D eigenvalue weighted by Crippen LogP contribution is -2.45. The molecule has 2 fully saturated rings. The highest BCUT2D eigenvalue weighted by Gasteiger charge is 2.34. The highest BCUT2D eigenvalue weighted by Crippen LogP contribution is 2.20. The second kappa shape index (κ2) is 12.4. The van der Waals surface area contributed by atoms with Crippen molar-refractivity contribution in [3.8, 4) is 0 Å². The Hall–Kier alpha value is -0.890. The third kappa shape index (κ3) is 10.8. The predicted molar refractivity (Wildman–Crippen MR) is 123 cm³/mol. The van der Waals surface area contributed by atoms with Gasteiger partial charge in [-0.3, -0.25) is 0 Å². The Balaban J connectivity index is 1.95. The lowest BCUT2D eigenvalue weighted by atomic mass is 10.2. The molecule has 2 rings (SSSR count). The van der Waals surface area contributed by atoms with E-state index in [1.165, 1.54) is 0 Å². The molecule has 4 N–H and O–H groups in total. The normalized spacial score (nSPS) is 30.7. The average molecular weight is 493 g/mol. The van der Waals surface area contributed by atoms with Gasteiger partial charge in [-0.25, -0.2) is 4.79 Å². The van der Waals surface area contributed by atoms with E-state index in [0.717, 1.165) is 0 Å². The molecule has 0 aromatic carbocycles. The van der Waals surface area contributed by atoms with Crippen molar-refractivity contribution in [3.63, 3.8) is 0 Å². The fourth-order valence-corrected chi connectivity index (χ4v) is 3.21.